The first-order chi connectivity index (χ1) is 9.13. The SMILES string of the molecule is CC.CC(=O)OCOC(C)=O.CO.c1ccccc1. The fourth-order valence-corrected chi connectivity index (χ4v) is 0.580. The zero-order valence-electron chi connectivity index (χ0n) is 12.3. The molecule has 0 spiro atoms. The summed E-state index contributed by atoms with van der Waals surface area (Å²) in [6.07, 6.45) is 0. The number of aliphatic hydroxyl groups is 1. The minimum atomic E-state index is -0.462. The van der Waals surface area contributed by atoms with Crippen LogP contribution in [0.2, 0.25) is 0 Å². The molecule has 1 rings (SSSR count). The molecule has 0 saturated carbocycles. The summed E-state index contributed by atoms with van der Waals surface area (Å²) in [5.74, 6) is -0.924. The molecule has 0 aliphatic carbocycles. The highest BCUT2D eigenvalue weighted by molar-refractivity contribution is 5.67. The molecule has 0 bridgehead atoms. The van der Waals surface area contributed by atoms with Crippen LogP contribution in [0.15, 0.2) is 36.4 Å². The summed E-state index contributed by atoms with van der Waals surface area (Å²) in [5.41, 5.74) is 0. The third kappa shape index (κ3) is 31.4. The van der Waals surface area contributed by atoms with Crippen molar-refractivity contribution in [3.63, 3.8) is 0 Å². The standard InChI is InChI=1S/C6H6.C5H8O4.C2H6.CH4O/c1-2-4-6-5-3-1;1-4(6)8-3-9-5(2)7;2*1-2/h1-6H;3H2,1-2H3;1-2H3;2H,1H3. The van der Waals surface area contributed by atoms with Crippen molar-refractivity contribution >= 4 is 11.9 Å². The summed E-state index contributed by atoms with van der Waals surface area (Å²) < 4.78 is 8.54. The van der Waals surface area contributed by atoms with Crippen molar-refractivity contribution in [2.45, 2.75) is 27.7 Å². The van der Waals surface area contributed by atoms with Crippen molar-refractivity contribution in [3.05, 3.63) is 36.4 Å². The van der Waals surface area contributed by atoms with Gasteiger partial charge in [-0.2, -0.15) is 0 Å². The van der Waals surface area contributed by atoms with Gasteiger partial charge >= 0.3 is 11.9 Å². The van der Waals surface area contributed by atoms with Crippen LogP contribution in [0.1, 0.15) is 27.7 Å². The number of carbonyl (C=O) groups is 2. The normalized spacial score (nSPS) is 7.05. The molecule has 5 nitrogen and oxygen atoms in total. The van der Waals surface area contributed by atoms with E-state index in [-0.39, 0.29) is 6.79 Å². The van der Waals surface area contributed by atoms with Crippen LogP contribution < -0.4 is 0 Å². The second-order valence-corrected chi connectivity index (χ2v) is 2.54. The van der Waals surface area contributed by atoms with Gasteiger partial charge in [-0.25, -0.2) is 0 Å². The van der Waals surface area contributed by atoms with E-state index in [0.717, 1.165) is 7.11 Å². The van der Waals surface area contributed by atoms with Gasteiger partial charge in [0, 0.05) is 21.0 Å². The lowest BCUT2D eigenvalue weighted by Crippen LogP contribution is -2.07. The van der Waals surface area contributed by atoms with Crippen molar-refractivity contribution < 1.29 is 24.2 Å². The van der Waals surface area contributed by atoms with Gasteiger partial charge in [-0.1, -0.05) is 50.2 Å². The minimum absolute atomic E-state index is 0.287. The van der Waals surface area contributed by atoms with E-state index in [1.165, 1.54) is 13.8 Å². The number of aliphatic hydroxyl groups excluding tert-OH is 1. The molecule has 0 aliphatic heterocycles. The largest absolute Gasteiger partial charge is 0.428 e. The monoisotopic (exact) mass is 272 g/mol. The Morgan fingerprint density at radius 3 is 1.16 bits per heavy atom. The van der Waals surface area contributed by atoms with Crippen LogP contribution in [0.4, 0.5) is 0 Å². The lowest BCUT2D eigenvalue weighted by molar-refractivity contribution is -0.163. The summed E-state index contributed by atoms with van der Waals surface area (Å²) in [7, 11) is 1.00. The van der Waals surface area contributed by atoms with Crippen molar-refractivity contribution in [2.75, 3.05) is 13.9 Å². The average Bonchev–Trinajstić information content (AvgIpc) is 2.45. The summed E-state index contributed by atoms with van der Waals surface area (Å²) in [6.45, 7) is 6.19. The van der Waals surface area contributed by atoms with Crippen LogP contribution in [0, 0.1) is 0 Å². The molecule has 0 saturated heterocycles. The molecule has 0 amide bonds. The maximum Gasteiger partial charge on any atom is 0.305 e. The summed E-state index contributed by atoms with van der Waals surface area (Å²) in [5, 5.41) is 7.00. The predicted molar refractivity (Wildman–Crippen MR) is 74.3 cm³/mol. The van der Waals surface area contributed by atoms with E-state index in [0.29, 0.717) is 0 Å². The Kier molecular flexibility index (Phi) is 25.1. The molecule has 110 valence electrons. The highest BCUT2D eigenvalue weighted by Gasteiger charge is 1.93. The van der Waals surface area contributed by atoms with E-state index in [9.17, 15) is 9.59 Å². The van der Waals surface area contributed by atoms with Crippen molar-refractivity contribution in [2.24, 2.45) is 0 Å². The second kappa shape index (κ2) is 21.4. The maximum absolute atomic E-state index is 10.0. The molecule has 0 unspecified atom stereocenters. The van der Waals surface area contributed by atoms with E-state index in [4.69, 9.17) is 5.11 Å². The van der Waals surface area contributed by atoms with Gasteiger partial charge in [-0.05, 0) is 0 Å². The number of ether oxygens (including phenoxy) is 2. The van der Waals surface area contributed by atoms with Gasteiger partial charge in [-0.3, -0.25) is 9.59 Å². The van der Waals surface area contributed by atoms with Crippen molar-refractivity contribution in [1.82, 2.24) is 0 Å². The molecule has 1 aromatic rings. The first kappa shape index (κ1) is 22.3. The number of rotatable bonds is 2. The third-order valence-corrected chi connectivity index (χ3v) is 1.19. The van der Waals surface area contributed by atoms with Crippen molar-refractivity contribution in [1.29, 1.82) is 0 Å². The van der Waals surface area contributed by atoms with Crippen LogP contribution in [0.25, 0.3) is 0 Å². The molecule has 19 heavy (non-hydrogen) atoms. The first-order valence-electron chi connectivity index (χ1n) is 5.84. The lowest BCUT2D eigenvalue weighted by atomic mass is 10.4. The van der Waals surface area contributed by atoms with Gasteiger partial charge < -0.3 is 14.6 Å². The molecule has 0 heterocycles. The fraction of sp³-hybridized carbons (Fsp3) is 0.429. The van der Waals surface area contributed by atoms with Gasteiger partial charge in [0.05, 0.1) is 0 Å². The van der Waals surface area contributed by atoms with E-state index in [1.54, 1.807) is 0 Å². The molecular formula is C14H24O5. The van der Waals surface area contributed by atoms with E-state index in [1.807, 2.05) is 50.2 Å². The van der Waals surface area contributed by atoms with Gasteiger partial charge in [0.25, 0.3) is 0 Å². The van der Waals surface area contributed by atoms with E-state index in [2.05, 4.69) is 9.47 Å². The van der Waals surface area contributed by atoms with Gasteiger partial charge in [0.2, 0.25) is 6.79 Å². The molecule has 0 atom stereocenters. The van der Waals surface area contributed by atoms with E-state index >= 15 is 0 Å². The third-order valence-electron chi connectivity index (χ3n) is 1.19. The Morgan fingerprint density at radius 2 is 1.00 bits per heavy atom. The average molecular weight is 272 g/mol. The van der Waals surface area contributed by atoms with Gasteiger partial charge in [0.1, 0.15) is 0 Å². The Balaban J connectivity index is -0.000000221. The number of hydrogen-bond donors (Lipinski definition) is 1. The molecule has 0 radical (unpaired) electrons. The van der Waals surface area contributed by atoms with Crippen LogP contribution in [-0.2, 0) is 19.1 Å². The highest BCUT2D eigenvalue weighted by Crippen LogP contribution is 1.80. The molecule has 0 aliphatic rings. The minimum Gasteiger partial charge on any atom is -0.428 e. The van der Waals surface area contributed by atoms with E-state index < -0.39 is 11.9 Å². The summed E-state index contributed by atoms with van der Waals surface area (Å²) in [6, 6.07) is 12.0. The summed E-state index contributed by atoms with van der Waals surface area (Å²) >= 11 is 0. The number of hydrogen-bond acceptors (Lipinski definition) is 5. The smallest absolute Gasteiger partial charge is 0.305 e. The maximum atomic E-state index is 10.0. The highest BCUT2D eigenvalue weighted by atomic mass is 16.7. The van der Waals surface area contributed by atoms with Crippen molar-refractivity contribution in [3.8, 4) is 0 Å². The Bertz CT molecular complexity index is 244. The van der Waals surface area contributed by atoms with Crippen LogP contribution in [0.3, 0.4) is 0 Å². The Labute approximate surface area is 115 Å². The Morgan fingerprint density at radius 1 is 0.789 bits per heavy atom. The first-order valence-corrected chi connectivity index (χ1v) is 5.84. The van der Waals surface area contributed by atoms with Gasteiger partial charge in [-0.15, -0.1) is 0 Å². The predicted octanol–water partition coefficient (Wildman–Crippen LogP) is 2.39. The fourth-order valence-electron chi connectivity index (χ4n) is 0.580. The zero-order valence-corrected chi connectivity index (χ0v) is 12.3. The second-order valence-electron chi connectivity index (χ2n) is 2.54. The molecule has 5 heteroatoms. The van der Waals surface area contributed by atoms with Gasteiger partial charge in [0.15, 0.2) is 0 Å². The molecular weight excluding hydrogens is 248 g/mol. The number of benzene rings is 1. The van der Waals surface area contributed by atoms with Crippen LogP contribution in [-0.4, -0.2) is 30.9 Å². The lowest BCUT2D eigenvalue weighted by Gasteiger charge is -1.99. The zero-order chi connectivity index (χ0) is 15.5. The Hall–Kier alpha value is -1.88. The molecule has 0 aromatic heterocycles. The summed E-state index contributed by atoms with van der Waals surface area (Å²) in [4.78, 5) is 20.0. The van der Waals surface area contributed by atoms with Crippen LogP contribution >= 0.6 is 0 Å². The topological polar surface area (TPSA) is 72.8 Å². The number of esters is 2. The molecule has 1 aromatic carbocycles. The van der Waals surface area contributed by atoms with Crippen LogP contribution in [0.5, 0.6) is 0 Å². The molecule has 1 N–H and O–H groups in total. The number of carbonyl (C=O) groups excluding carboxylic acids is 2. The quantitative estimate of drug-likeness (QED) is 0.661. The molecule has 0 fully saturated rings.